The highest BCUT2D eigenvalue weighted by Gasteiger charge is 2.37. The molecule has 1 fully saturated rings. The molecule has 0 aliphatic carbocycles. The number of hydrogen-bond donors (Lipinski definition) is 2. The number of nitro benzene ring substituents is 1. The van der Waals surface area contributed by atoms with Crippen molar-refractivity contribution in [2.24, 2.45) is 5.41 Å². The van der Waals surface area contributed by atoms with Gasteiger partial charge in [0.15, 0.2) is 0 Å². The van der Waals surface area contributed by atoms with E-state index in [1.807, 2.05) is 6.07 Å². The van der Waals surface area contributed by atoms with Gasteiger partial charge >= 0.3 is 0 Å². The Morgan fingerprint density at radius 3 is 2.79 bits per heavy atom. The lowest BCUT2D eigenvalue weighted by Crippen LogP contribution is -2.52. The molecule has 1 aromatic carbocycles. The van der Waals surface area contributed by atoms with Gasteiger partial charge in [-0.1, -0.05) is 12.1 Å². The average Bonchev–Trinajstić information content (AvgIpc) is 2.34. The number of aliphatic hydroxyl groups excluding tert-OH is 1. The van der Waals surface area contributed by atoms with Gasteiger partial charge in [-0.2, -0.15) is 0 Å². The van der Waals surface area contributed by atoms with Crippen LogP contribution in [0.15, 0.2) is 18.2 Å². The molecule has 1 aromatic rings. The van der Waals surface area contributed by atoms with E-state index in [0.29, 0.717) is 31.9 Å². The lowest BCUT2D eigenvalue weighted by Gasteiger charge is -2.40. The molecule has 1 aliphatic rings. The van der Waals surface area contributed by atoms with Crippen LogP contribution in [0.5, 0.6) is 0 Å². The number of benzene rings is 1. The van der Waals surface area contributed by atoms with Gasteiger partial charge in [0, 0.05) is 24.7 Å². The highest BCUT2D eigenvalue weighted by molar-refractivity contribution is 5.42. The largest absolute Gasteiger partial charge is 0.396 e. The van der Waals surface area contributed by atoms with Crippen molar-refractivity contribution < 1.29 is 14.8 Å². The predicted molar refractivity (Wildman–Crippen MR) is 69.9 cm³/mol. The molecule has 0 bridgehead atoms. The van der Waals surface area contributed by atoms with Crippen molar-refractivity contribution in [3.63, 3.8) is 0 Å². The van der Waals surface area contributed by atoms with Crippen molar-refractivity contribution in [3.8, 4) is 0 Å². The van der Waals surface area contributed by atoms with Crippen LogP contribution in [0.4, 0.5) is 5.69 Å². The van der Waals surface area contributed by atoms with E-state index in [9.17, 15) is 15.2 Å². The first-order chi connectivity index (χ1) is 9.06. The summed E-state index contributed by atoms with van der Waals surface area (Å²) in [6.07, 6.45) is 0. The molecule has 1 heterocycles. The predicted octanol–water partition coefficient (Wildman–Crippen LogP) is 1.00. The Hall–Kier alpha value is -1.50. The van der Waals surface area contributed by atoms with Gasteiger partial charge in [0.2, 0.25) is 0 Å². The van der Waals surface area contributed by atoms with Crippen LogP contribution in [0.2, 0.25) is 0 Å². The minimum absolute atomic E-state index is 0.0913. The normalized spacial score (nSPS) is 16.9. The average molecular weight is 266 g/mol. The first-order valence-electron chi connectivity index (χ1n) is 6.20. The molecule has 6 nitrogen and oxygen atoms in total. The van der Waals surface area contributed by atoms with Crippen LogP contribution in [-0.4, -0.2) is 36.4 Å². The van der Waals surface area contributed by atoms with Crippen LogP contribution in [0.3, 0.4) is 0 Å². The Balaban J connectivity index is 1.93. The molecule has 0 aromatic heterocycles. The van der Waals surface area contributed by atoms with E-state index in [1.54, 1.807) is 19.1 Å². The molecule has 0 unspecified atom stereocenters. The zero-order valence-electron chi connectivity index (χ0n) is 10.9. The minimum Gasteiger partial charge on any atom is -0.396 e. The number of nitrogens with one attached hydrogen (secondary N) is 1. The Bertz CT molecular complexity index is 466. The SMILES string of the molecule is Cc1ccc(CNCC2(CO)COC2)cc1[N+](=O)[O-]. The van der Waals surface area contributed by atoms with Crippen LogP contribution in [0.25, 0.3) is 0 Å². The van der Waals surface area contributed by atoms with Crippen molar-refractivity contribution in [1.82, 2.24) is 5.32 Å². The molecular formula is C13H18N2O4. The van der Waals surface area contributed by atoms with E-state index < -0.39 is 0 Å². The fourth-order valence-corrected chi connectivity index (χ4v) is 2.07. The summed E-state index contributed by atoms with van der Waals surface area (Å²) >= 11 is 0. The first-order valence-corrected chi connectivity index (χ1v) is 6.20. The number of aryl methyl sites for hydroxylation is 1. The van der Waals surface area contributed by atoms with Gasteiger partial charge < -0.3 is 15.2 Å². The summed E-state index contributed by atoms with van der Waals surface area (Å²) in [5.74, 6) is 0. The van der Waals surface area contributed by atoms with Gasteiger partial charge in [-0.05, 0) is 12.5 Å². The molecule has 19 heavy (non-hydrogen) atoms. The van der Waals surface area contributed by atoms with Gasteiger partial charge in [-0.25, -0.2) is 0 Å². The molecule has 1 aliphatic heterocycles. The lowest BCUT2D eigenvalue weighted by molar-refractivity contribution is -0.385. The molecule has 0 radical (unpaired) electrons. The van der Waals surface area contributed by atoms with Crippen LogP contribution in [0, 0.1) is 22.5 Å². The molecule has 2 N–H and O–H groups in total. The third kappa shape index (κ3) is 3.09. The number of nitro groups is 1. The number of rotatable bonds is 6. The Morgan fingerprint density at radius 1 is 1.53 bits per heavy atom. The zero-order valence-corrected chi connectivity index (χ0v) is 10.9. The van der Waals surface area contributed by atoms with E-state index >= 15 is 0 Å². The van der Waals surface area contributed by atoms with Gasteiger partial charge in [0.05, 0.1) is 30.2 Å². The van der Waals surface area contributed by atoms with Gasteiger partial charge in [0.25, 0.3) is 5.69 Å². The molecule has 2 rings (SSSR count). The summed E-state index contributed by atoms with van der Waals surface area (Å²) in [5.41, 5.74) is 1.48. The smallest absolute Gasteiger partial charge is 0.272 e. The number of ether oxygens (including phenoxy) is 1. The molecular weight excluding hydrogens is 248 g/mol. The quantitative estimate of drug-likeness (QED) is 0.592. The summed E-state index contributed by atoms with van der Waals surface area (Å²) in [6.45, 7) is 4.12. The highest BCUT2D eigenvalue weighted by Crippen LogP contribution is 2.26. The zero-order chi connectivity index (χ0) is 13.9. The van der Waals surface area contributed by atoms with E-state index in [4.69, 9.17) is 4.74 Å². The van der Waals surface area contributed by atoms with Gasteiger partial charge in [-0.3, -0.25) is 10.1 Å². The van der Waals surface area contributed by atoms with Crippen LogP contribution in [0.1, 0.15) is 11.1 Å². The maximum Gasteiger partial charge on any atom is 0.272 e. The fraction of sp³-hybridized carbons (Fsp3) is 0.538. The van der Waals surface area contributed by atoms with E-state index in [0.717, 1.165) is 5.56 Å². The third-order valence-electron chi connectivity index (χ3n) is 3.45. The van der Waals surface area contributed by atoms with Gasteiger partial charge in [0.1, 0.15) is 0 Å². The molecule has 0 saturated carbocycles. The van der Waals surface area contributed by atoms with Crippen molar-refractivity contribution >= 4 is 5.69 Å². The second-order valence-corrected chi connectivity index (χ2v) is 5.13. The van der Waals surface area contributed by atoms with Crippen LogP contribution in [-0.2, 0) is 11.3 Å². The molecule has 0 spiro atoms. The standard InChI is InChI=1S/C13H18N2O4/c1-10-2-3-11(4-12(10)15(17)18)5-14-6-13(7-16)8-19-9-13/h2-4,14,16H,5-9H2,1H3. The Morgan fingerprint density at radius 2 is 2.26 bits per heavy atom. The van der Waals surface area contributed by atoms with Crippen molar-refractivity contribution in [2.75, 3.05) is 26.4 Å². The second-order valence-electron chi connectivity index (χ2n) is 5.13. The van der Waals surface area contributed by atoms with Gasteiger partial charge in [-0.15, -0.1) is 0 Å². The molecule has 0 amide bonds. The van der Waals surface area contributed by atoms with E-state index in [2.05, 4.69) is 5.32 Å². The molecule has 0 atom stereocenters. The number of nitrogens with zero attached hydrogens (tertiary/aromatic N) is 1. The number of hydrogen-bond acceptors (Lipinski definition) is 5. The van der Waals surface area contributed by atoms with E-state index in [-0.39, 0.29) is 22.6 Å². The summed E-state index contributed by atoms with van der Waals surface area (Å²) < 4.78 is 5.11. The topological polar surface area (TPSA) is 84.6 Å². The summed E-state index contributed by atoms with van der Waals surface area (Å²) in [6, 6.07) is 5.22. The van der Waals surface area contributed by atoms with Crippen molar-refractivity contribution in [3.05, 3.63) is 39.4 Å². The maximum atomic E-state index is 10.8. The second kappa shape index (κ2) is 5.64. The summed E-state index contributed by atoms with van der Waals surface area (Å²) in [5, 5.41) is 23.3. The highest BCUT2D eigenvalue weighted by atomic mass is 16.6. The molecule has 1 saturated heterocycles. The summed E-state index contributed by atoms with van der Waals surface area (Å²) in [4.78, 5) is 10.5. The fourth-order valence-electron chi connectivity index (χ4n) is 2.07. The van der Waals surface area contributed by atoms with Crippen LogP contribution >= 0.6 is 0 Å². The molecule has 6 heteroatoms. The van der Waals surface area contributed by atoms with Crippen LogP contribution < -0.4 is 5.32 Å². The van der Waals surface area contributed by atoms with Crippen molar-refractivity contribution in [1.29, 1.82) is 0 Å². The maximum absolute atomic E-state index is 10.8. The number of aliphatic hydroxyl groups is 1. The summed E-state index contributed by atoms with van der Waals surface area (Å²) in [7, 11) is 0. The monoisotopic (exact) mass is 266 g/mol. The van der Waals surface area contributed by atoms with E-state index in [1.165, 1.54) is 0 Å². The minimum atomic E-state index is -0.367. The van der Waals surface area contributed by atoms with Crippen molar-refractivity contribution in [2.45, 2.75) is 13.5 Å². The Kier molecular flexibility index (Phi) is 4.14. The first kappa shape index (κ1) is 13.9. The lowest BCUT2D eigenvalue weighted by atomic mass is 9.87. The Labute approximate surface area is 111 Å². The third-order valence-corrected chi connectivity index (χ3v) is 3.45. The molecule has 104 valence electrons.